The number of hydrogen-bond donors (Lipinski definition) is 1. The first-order valence-electron chi connectivity index (χ1n) is 4.91. The lowest BCUT2D eigenvalue weighted by Gasteiger charge is -2.18. The summed E-state index contributed by atoms with van der Waals surface area (Å²) in [6.45, 7) is 4.13. The highest BCUT2D eigenvalue weighted by Gasteiger charge is 2.30. The molecule has 0 aromatic heterocycles. The minimum atomic E-state index is -2.83. The van der Waals surface area contributed by atoms with Crippen molar-refractivity contribution in [1.82, 2.24) is 4.90 Å². The molecule has 4 nitrogen and oxygen atoms in total. The van der Waals surface area contributed by atoms with Crippen LogP contribution in [0.5, 0.6) is 0 Å². The Labute approximate surface area is 85.8 Å². The monoisotopic (exact) mass is 221 g/mol. The van der Waals surface area contributed by atoms with E-state index >= 15 is 0 Å². The van der Waals surface area contributed by atoms with Crippen LogP contribution in [0.15, 0.2) is 0 Å². The van der Waals surface area contributed by atoms with E-state index in [2.05, 4.69) is 4.90 Å². The molecular weight excluding hydrogens is 202 g/mol. The lowest BCUT2D eigenvalue weighted by Crippen LogP contribution is -2.30. The van der Waals surface area contributed by atoms with E-state index in [0.29, 0.717) is 13.0 Å². The van der Waals surface area contributed by atoms with Gasteiger partial charge in [-0.25, -0.2) is 8.42 Å². The Morgan fingerprint density at radius 2 is 2.14 bits per heavy atom. The van der Waals surface area contributed by atoms with Gasteiger partial charge < -0.3 is 10.0 Å². The minimum Gasteiger partial charge on any atom is -0.389 e. The van der Waals surface area contributed by atoms with Gasteiger partial charge in [0.05, 0.1) is 11.4 Å². The van der Waals surface area contributed by atoms with Crippen molar-refractivity contribution < 1.29 is 13.5 Å². The number of aliphatic hydroxyl groups is 1. The molecule has 1 atom stereocenters. The minimum absolute atomic E-state index is 0.242. The standard InChI is InChI=1S/C9H19NO3S/c1-9(11)4-6-10(8-9)5-3-7-14(2,12)13/h11H,3-8H2,1-2H3. The van der Waals surface area contributed by atoms with Crippen molar-refractivity contribution in [2.24, 2.45) is 0 Å². The first kappa shape index (κ1) is 11.9. The van der Waals surface area contributed by atoms with Crippen LogP contribution in [0.25, 0.3) is 0 Å². The van der Waals surface area contributed by atoms with Gasteiger partial charge >= 0.3 is 0 Å². The Morgan fingerprint density at radius 1 is 1.50 bits per heavy atom. The van der Waals surface area contributed by atoms with E-state index in [1.807, 2.05) is 6.92 Å². The van der Waals surface area contributed by atoms with Gasteiger partial charge in [-0.3, -0.25) is 0 Å². The highest BCUT2D eigenvalue weighted by atomic mass is 32.2. The smallest absolute Gasteiger partial charge is 0.147 e. The van der Waals surface area contributed by atoms with E-state index in [4.69, 9.17) is 0 Å². The maximum atomic E-state index is 10.9. The molecule has 1 aliphatic rings. The Bertz CT molecular complexity index is 284. The number of likely N-dealkylation sites (tertiary alicyclic amines) is 1. The Kier molecular flexibility index (Phi) is 3.55. The lowest BCUT2D eigenvalue weighted by molar-refractivity contribution is 0.0689. The predicted octanol–water partition coefficient (Wildman–Crippen LogP) is -0.122. The number of sulfone groups is 1. The molecule has 0 saturated carbocycles. The van der Waals surface area contributed by atoms with Gasteiger partial charge in [-0.05, 0) is 26.3 Å². The maximum absolute atomic E-state index is 10.9. The van der Waals surface area contributed by atoms with Crippen molar-refractivity contribution in [2.45, 2.75) is 25.4 Å². The molecule has 0 aliphatic carbocycles. The Balaban J connectivity index is 2.22. The van der Waals surface area contributed by atoms with Gasteiger partial charge in [-0.1, -0.05) is 0 Å². The van der Waals surface area contributed by atoms with Gasteiger partial charge in [0, 0.05) is 19.3 Å². The highest BCUT2D eigenvalue weighted by molar-refractivity contribution is 7.90. The molecule has 1 unspecified atom stereocenters. The van der Waals surface area contributed by atoms with Crippen LogP contribution in [0.1, 0.15) is 19.8 Å². The summed E-state index contributed by atoms with van der Waals surface area (Å²) in [5.74, 6) is 0.242. The van der Waals surface area contributed by atoms with Gasteiger partial charge in [0.1, 0.15) is 9.84 Å². The molecule has 1 aliphatic heterocycles. The third-order valence-electron chi connectivity index (χ3n) is 2.52. The third kappa shape index (κ3) is 4.39. The highest BCUT2D eigenvalue weighted by Crippen LogP contribution is 2.19. The van der Waals surface area contributed by atoms with E-state index in [1.54, 1.807) is 0 Å². The van der Waals surface area contributed by atoms with Crippen LogP contribution >= 0.6 is 0 Å². The van der Waals surface area contributed by atoms with Gasteiger partial charge in [0.15, 0.2) is 0 Å². The van der Waals surface area contributed by atoms with Gasteiger partial charge in [0.2, 0.25) is 0 Å². The van der Waals surface area contributed by atoms with E-state index in [0.717, 1.165) is 19.5 Å². The van der Waals surface area contributed by atoms with Crippen LogP contribution in [0.3, 0.4) is 0 Å². The number of nitrogens with zero attached hydrogens (tertiary/aromatic N) is 1. The number of β-amino-alcohol motifs (C(OH)–C–C–N with tert-alkyl or cyclic N) is 1. The lowest BCUT2D eigenvalue weighted by atomic mass is 10.1. The molecule has 0 aromatic rings. The molecule has 0 amide bonds. The molecule has 1 heterocycles. The molecule has 0 spiro atoms. The largest absolute Gasteiger partial charge is 0.389 e. The zero-order valence-electron chi connectivity index (χ0n) is 8.86. The first-order chi connectivity index (χ1) is 6.29. The Hall–Kier alpha value is -0.130. The average molecular weight is 221 g/mol. The summed E-state index contributed by atoms with van der Waals surface area (Å²) >= 11 is 0. The van der Waals surface area contributed by atoms with Crippen molar-refractivity contribution in [3.8, 4) is 0 Å². The molecule has 1 rings (SSSR count). The molecule has 0 radical (unpaired) electrons. The van der Waals surface area contributed by atoms with Gasteiger partial charge in [0.25, 0.3) is 0 Å². The van der Waals surface area contributed by atoms with Crippen LogP contribution < -0.4 is 0 Å². The van der Waals surface area contributed by atoms with E-state index in [1.165, 1.54) is 6.26 Å². The van der Waals surface area contributed by atoms with Crippen molar-refractivity contribution >= 4 is 9.84 Å². The molecule has 1 fully saturated rings. The number of hydrogen-bond acceptors (Lipinski definition) is 4. The summed E-state index contributed by atoms with van der Waals surface area (Å²) in [4.78, 5) is 2.12. The summed E-state index contributed by atoms with van der Waals surface area (Å²) in [6, 6.07) is 0. The summed E-state index contributed by atoms with van der Waals surface area (Å²) in [6.07, 6.45) is 2.70. The van der Waals surface area contributed by atoms with Crippen molar-refractivity contribution in [3.05, 3.63) is 0 Å². The van der Waals surface area contributed by atoms with Gasteiger partial charge in [-0.2, -0.15) is 0 Å². The zero-order chi connectivity index (χ0) is 10.8. The molecule has 0 aromatic carbocycles. The SMILES string of the molecule is CC1(O)CCN(CCCS(C)(=O)=O)C1. The second-order valence-corrected chi connectivity index (χ2v) is 6.77. The van der Waals surface area contributed by atoms with E-state index in [9.17, 15) is 13.5 Å². The first-order valence-corrected chi connectivity index (χ1v) is 6.97. The van der Waals surface area contributed by atoms with Crippen molar-refractivity contribution in [2.75, 3.05) is 31.6 Å². The van der Waals surface area contributed by atoms with Crippen LogP contribution in [0.2, 0.25) is 0 Å². The maximum Gasteiger partial charge on any atom is 0.147 e. The molecule has 5 heteroatoms. The zero-order valence-corrected chi connectivity index (χ0v) is 9.68. The second kappa shape index (κ2) is 4.16. The molecular formula is C9H19NO3S. The number of rotatable bonds is 4. The summed E-state index contributed by atoms with van der Waals surface area (Å²) in [5, 5.41) is 9.66. The van der Waals surface area contributed by atoms with E-state index < -0.39 is 15.4 Å². The summed E-state index contributed by atoms with van der Waals surface area (Å²) in [7, 11) is -2.83. The van der Waals surface area contributed by atoms with Crippen LogP contribution in [-0.2, 0) is 9.84 Å². The molecule has 1 N–H and O–H groups in total. The summed E-state index contributed by atoms with van der Waals surface area (Å²) in [5.41, 5.74) is -0.578. The van der Waals surface area contributed by atoms with E-state index in [-0.39, 0.29) is 5.75 Å². The predicted molar refractivity (Wildman–Crippen MR) is 56.0 cm³/mol. The van der Waals surface area contributed by atoms with Crippen molar-refractivity contribution in [3.63, 3.8) is 0 Å². The quantitative estimate of drug-likeness (QED) is 0.719. The second-order valence-electron chi connectivity index (χ2n) is 4.51. The molecule has 84 valence electrons. The molecule has 0 bridgehead atoms. The third-order valence-corrected chi connectivity index (χ3v) is 3.55. The van der Waals surface area contributed by atoms with Crippen LogP contribution in [0.4, 0.5) is 0 Å². The molecule has 14 heavy (non-hydrogen) atoms. The fraction of sp³-hybridized carbons (Fsp3) is 1.00. The fourth-order valence-corrected chi connectivity index (χ4v) is 2.43. The summed E-state index contributed by atoms with van der Waals surface area (Å²) < 4.78 is 21.7. The van der Waals surface area contributed by atoms with Crippen LogP contribution in [0, 0.1) is 0 Å². The normalized spacial score (nSPS) is 29.6. The topological polar surface area (TPSA) is 57.6 Å². The molecule has 1 saturated heterocycles. The average Bonchev–Trinajstić information content (AvgIpc) is 2.27. The Morgan fingerprint density at radius 3 is 2.57 bits per heavy atom. The van der Waals surface area contributed by atoms with Crippen LogP contribution in [-0.4, -0.2) is 55.7 Å². The fourth-order valence-electron chi connectivity index (χ4n) is 1.78. The van der Waals surface area contributed by atoms with Crippen molar-refractivity contribution in [1.29, 1.82) is 0 Å². The van der Waals surface area contributed by atoms with Gasteiger partial charge in [-0.15, -0.1) is 0 Å².